The molecule has 1 unspecified atom stereocenters. The quantitative estimate of drug-likeness (QED) is 0.0596. The monoisotopic (exact) mass is 612 g/mol. The number of aliphatic hydroxyl groups is 3. The molecule has 6 atom stereocenters. The van der Waals surface area contributed by atoms with Crippen molar-refractivity contribution >= 4 is 11.9 Å². The SMILES string of the molecule is O=C(CCC/C=C\C[C@@H]1[C@@H](CC[C@@H](O)CCc2ccccc2)[C@H](O)C[C@@H]1O)OCC(CO[N+](=O)[O-])OC(=O)CO[N+](=O)[O-]. The van der Waals surface area contributed by atoms with Gasteiger partial charge in [0.25, 0.3) is 10.2 Å². The van der Waals surface area contributed by atoms with Crippen molar-refractivity contribution in [2.24, 2.45) is 11.8 Å². The first kappa shape index (κ1) is 35.4. The summed E-state index contributed by atoms with van der Waals surface area (Å²) in [7, 11) is 0. The zero-order valence-corrected chi connectivity index (χ0v) is 23.8. The van der Waals surface area contributed by atoms with Gasteiger partial charge in [-0.05, 0) is 68.8 Å². The Kier molecular flexibility index (Phi) is 15.9. The van der Waals surface area contributed by atoms with E-state index in [1.54, 1.807) is 0 Å². The number of benzene rings is 1. The standard InChI is InChI=1S/C28H40N2O13/c31-21(13-12-20-8-4-3-5-9-20)14-15-24-23(25(32)16-26(24)33)10-6-1-2-7-11-27(34)40-17-22(18-41-29(36)37)43-28(35)19-42-30(38)39/h1,3-6,8-9,21-26,31-33H,2,7,10-19H2/b6-1-/t21-,22?,23+,24+,25-,26+/m0/s1. The van der Waals surface area contributed by atoms with Gasteiger partial charge in [-0.2, -0.15) is 0 Å². The Morgan fingerprint density at radius 1 is 0.953 bits per heavy atom. The van der Waals surface area contributed by atoms with Crippen LogP contribution in [0.25, 0.3) is 0 Å². The molecule has 15 nitrogen and oxygen atoms in total. The van der Waals surface area contributed by atoms with Crippen molar-refractivity contribution in [3.63, 3.8) is 0 Å². The largest absolute Gasteiger partial charge is 0.462 e. The van der Waals surface area contributed by atoms with Crippen LogP contribution in [-0.2, 0) is 35.2 Å². The highest BCUT2D eigenvalue weighted by molar-refractivity contribution is 5.71. The van der Waals surface area contributed by atoms with Crippen LogP contribution in [0.15, 0.2) is 42.5 Å². The lowest BCUT2D eigenvalue weighted by Crippen LogP contribution is -2.32. The number of esters is 2. The Balaban J connectivity index is 1.69. The van der Waals surface area contributed by atoms with Gasteiger partial charge < -0.3 is 34.5 Å². The summed E-state index contributed by atoms with van der Waals surface area (Å²) in [6.07, 6.45) is 4.90. The first-order chi connectivity index (χ1) is 20.5. The van der Waals surface area contributed by atoms with Crippen LogP contribution in [0.2, 0.25) is 0 Å². The fraction of sp³-hybridized carbons (Fsp3) is 0.643. The fourth-order valence-electron chi connectivity index (χ4n) is 4.99. The van der Waals surface area contributed by atoms with Gasteiger partial charge in [-0.3, -0.25) is 4.79 Å². The Morgan fingerprint density at radius 3 is 2.35 bits per heavy atom. The minimum atomic E-state index is -1.37. The molecule has 0 radical (unpaired) electrons. The maximum absolute atomic E-state index is 12.0. The molecule has 1 aliphatic rings. The van der Waals surface area contributed by atoms with Crippen LogP contribution < -0.4 is 0 Å². The molecule has 1 aliphatic carbocycles. The van der Waals surface area contributed by atoms with Gasteiger partial charge in [0.05, 0.1) is 18.3 Å². The lowest BCUT2D eigenvalue weighted by Gasteiger charge is -2.23. The van der Waals surface area contributed by atoms with Gasteiger partial charge in [0.1, 0.15) is 13.2 Å². The third kappa shape index (κ3) is 14.8. The zero-order chi connectivity index (χ0) is 31.6. The predicted molar refractivity (Wildman–Crippen MR) is 148 cm³/mol. The second-order valence-electron chi connectivity index (χ2n) is 10.4. The molecule has 0 aliphatic heterocycles. The average Bonchev–Trinajstić information content (AvgIpc) is 3.24. The van der Waals surface area contributed by atoms with Crippen molar-refractivity contribution in [3.05, 3.63) is 68.3 Å². The van der Waals surface area contributed by atoms with E-state index in [1.807, 2.05) is 42.5 Å². The summed E-state index contributed by atoms with van der Waals surface area (Å²) in [6, 6.07) is 9.90. The molecule has 1 aromatic rings. The van der Waals surface area contributed by atoms with Crippen molar-refractivity contribution in [1.29, 1.82) is 0 Å². The molecule has 1 saturated carbocycles. The topological polar surface area (TPSA) is 218 Å². The number of ether oxygens (including phenoxy) is 2. The molecule has 0 aromatic heterocycles. The molecule has 0 spiro atoms. The van der Waals surface area contributed by atoms with E-state index in [0.29, 0.717) is 44.9 Å². The molecule has 0 saturated heterocycles. The third-order valence-electron chi connectivity index (χ3n) is 7.17. The molecule has 3 N–H and O–H groups in total. The molecule has 1 aromatic carbocycles. The van der Waals surface area contributed by atoms with E-state index in [4.69, 9.17) is 9.47 Å². The highest BCUT2D eigenvalue weighted by atomic mass is 17.0. The number of allylic oxidation sites excluding steroid dienone is 2. The van der Waals surface area contributed by atoms with E-state index in [-0.39, 0.29) is 18.3 Å². The summed E-state index contributed by atoms with van der Waals surface area (Å²) < 4.78 is 9.74. The molecule has 1 fully saturated rings. The smallest absolute Gasteiger partial charge is 0.332 e. The van der Waals surface area contributed by atoms with Crippen LogP contribution in [-0.4, -0.2) is 81.7 Å². The fourth-order valence-corrected chi connectivity index (χ4v) is 4.99. The predicted octanol–water partition coefficient (Wildman–Crippen LogP) is 2.11. The van der Waals surface area contributed by atoms with Gasteiger partial charge in [-0.1, -0.05) is 42.5 Å². The van der Waals surface area contributed by atoms with Gasteiger partial charge in [-0.25, -0.2) is 4.79 Å². The Labute approximate surface area is 248 Å². The molecular formula is C28H40N2O13. The van der Waals surface area contributed by atoms with Gasteiger partial charge in [0.2, 0.25) is 0 Å². The minimum Gasteiger partial charge on any atom is -0.462 e. The second-order valence-corrected chi connectivity index (χ2v) is 10.4. The highest BCUT2D eigenvalue weighted by Crippen LogP contribution is 2.38. The summed E-state index contributed by atoms with van der Waals surface area (Å²) in [5.74, 6) is -2.13. The van der Waals surface area contributed by atoms with Crippen LogP contribution in [0, 0.1) is 32.1 Å². The van der Waals surface area contributed by atoms with Crippen molar-refractivity contribution in [2.45, 2.75) is 82.2 Å². The average molecular weight is 613 g/mol. The molecule has 43 heavy (non-hydrogen) atoms. The van der Waals surface area contributed by atoms with Gasteiger partial charge >= 0.3 is 11.9 Å². The van der Waals surface area contributed by atoms with E-state index in [9.17, 15) is 45.1 Å². The number of aryl methyl sites for hydroxylation is 1. The number of hydrogen-bond donors (Lipinski definition) is 3. The number of nitrogens with zero attached hydrogens (tertiary/aromatic N) is 2. The minimum absolute atomic E-state index is 0.000201. The summed E-state index contributed by atoms with van der Waals surface area (Å²) in [6.45, 7) is -2.35. The lowest BCUT2D eigenvalue weighted by molar-refractivity contribution is -0.759. The number of carbonyl (C=O) groups is 2. The molecular weight excluding hydrogens is 572 g/mol. The lowest BCUT2D eigenvalue weighted by atomic mass is 9.85. The molecule has 0 bridgehead atoms. The molecule has 240 valence electrons. The van der Waals surface area contributed by atoms with Crippen molar-refractivity contribution in [2.75, 3.05) is 19.8 Å². The number of hydrogen-bond acceptors (Lipinski definition) is 13. The van der Waals surface area contributed by atoms with Crippen LogP contribution in [0.1, 0.15) is 56.9 Å². The Bertz CT molecular complexity index is 1040. The van der Waals surface area contributed by atoms with Gasteiger partial charge in [0, 0.05) is 6.42 Å². The van der Waals surface area contributed by atoms with Crippen LogP contribution in [0.3, 0.4) is 0 Å². The number of aliphatic hydroxyl groups excluding tert-OH is 3. The first-order valence-corrected chi connectivity index (χ1v) is 14.2. The summed E-state index contributed by atoms with van der Waals surface area (Å²) in [5.41, 5.74) is 1.16. The van der Waals surface area contributed by atoms with E-state index < -0.39 is 66.3 Å². The van der Waals surface area contributed by atoms with Crippen LogP contribution in [0.5, 0.6) is 0 Å². The summed E-state index contributed by atoms with van der Waals surface area (Å²) in [4.78, 5) is 52.2. The van der Waals surface area contributed by atoms with Gasteiger partial charge in [0.15, 0.2) is 12.7 Å². The maximum atomic E-state index is 12.0. The number of unbranched alkanes of at least 4 members (excludes halogenated alkanes) is 1. The van der Waals surface area contributed by atoms with Gasteiger partial charge in [-0.15, -0.1) is 20.2 Å². The van der Waals surface area contributed by atoms with E-state index in [1.165, 1.54) is 0 Å². The van der Waals surface area contributed by atoms with E-state index >= 15 is 0 Å². The second kappa shape index (κ2) is 19.4. The normalized spacial score (nSPS) is 21.2. The van der Waals surface area contributed by atoms with Crippen LogP contribution in [0.4, 0.5) is 0 Å². The number of carbonyl (C=O) groups excluding carboxylic acids is 2. The van der Waals surface area contributed by atoms with Crippen molar-refractivity contribution in [3.8, 4) is 0 Å². The van der Waals surface area contributed by atoms with Crippen molar-refractivity contribution in [1.82, 2.24) is 0 Å². The maximum Gasteiger partial charge on any atom is 0.332 e. The summed E-state index contributed by atoms with van der Waals surface area (Å²) in [5, 5.41) is 49.6. The highest BCUT2D eigenvalue weighted by Gasteiger charge is 2.40. The zero-order valence-electron chi connectivity index (χ0n) is 23.8. The summed E-state index contributed by atoms with van der Waals surface area (Å²) >= 11 is 0. The molecule has 15 heteroatoms. The first-order valence-electron chi connectivity index (χ1n) is 14.2. The molecule has 0 amide bonds. The third-order valence-corrected chi connectivity index (χ3v) is 7.17. The van der Waals surface area contributed by atoms with Crippen LogP contribution >= 0.6 is 0 Å². The van der Waals surface area contributed by atoms with E-state index in [0.717, 1.165) is 12.0 Å². The Morgan fingerprint density at radius 2 is 1.65 bits per heavy atom. The Hall–Kier alpha value is -3.82. The van der Waals surface area contributed by atoms with Crippen molar-refractivity contribution < 1.29 is 54.2 Å². The molecule has 0 heterocycles. The number of rotatable bonds is 21. The van der Waals surface area contributed by atoms with E-state index in [2.05, 4.69) is 9.68 Å². The molecule has 2 rings (SSSR count).